The van der Waals surface area contributed by atoms with Gasteiger partial charge < -0.3 is 25.0 Å². The van der Waals surface area contributed by atoms with Crippen molar-refractivity contribution in [2.75, 3.05) is 49.6 Å². The summed E-state index contributed by atoms with van der Waals surface area (Å²) in [5.41, 5.74) is 3.09. The van der Waals surface area contributed by atoms with Gasteiger partial charge >= 0.3 is 0 Å². The number of H-pyrrole nitrogens is 1. The molecule has 4 heterocycles. The molecule has 3 aromatic rings. The molecule has 0 aliphatic carbocycles. The summed E-state index contributed by atoms with van der Waals surface area (Å²) in [6, 6.07) is 17.2. The molecule has 9 heteroatoms. The quantitative estimate of drug-likeness (QED) is 0.282. The highest BCUT2D eigenvalue weighted by Gasteiger charge is 2.29. The van der Waals surface area contributed by atoms with Gasteiger partial charge in [-0.15, -0.1) is 0 Å². The summed E-state index contributed by atoms with van der Waals surface area (Å²) < 4.78 is 6.26. The SMILES string of the molecule is CC1CCCCN1CC(CO)Nc1ccc2c(c1)Sc1cccc(C3CN(c4cc[nH]c(=O)c4)CCO3)c1S2. The molecule has 3 N–H and O–H groups in total. The Balaban J connectivity index is 1.17. The van der Waals surface area contributed by atoms with Gasteiger partial charge in [0.1, 0.15) is 6.10 Å². The summed E-state index contributed by atoms with van der Waals surface area (Å²) in [7, 11) is 0. The fourth-order valence-corrected chi connectivity index (χ4v) is 8.21. The van der Waals surface area contributed by atoms with Crippen molar-refractivity contribution in [2.45, 2.75) is 64.0 Å². The highest BCUT2D eigenvalue weighted by molar-refractivity contribution is 8.05. The number of nitrogens with one attached hydrogen (secondary N) is 2. The molecule has 2 saturated heterocycles. The van der Waals surface area contributed by atoms with Crippen LogP contribution in [0, 0.1) is 0 Å². The molecule has 2 aromatic carbocycles. The van der Waals surface area contributed by atoms with Crippen LogP contribution in [0.3, 0.4) is 0 Å². The van der Waals surface area contributed by atoms with E-state index < -0.39 is 0 Å². The van der Waals surface area contributed by atoms with Gasteiger partial charge in [-0.3, -0.25) is 9.69 Å². The van der Waals surface area contributed by atoms with Gasteiger partial charge in [0.2, 0.25) is 5.56 Å². The van der Waals surface area contributed by atoms with E-state index in [1.165, 1.54) is 44.4 Å². The molecule has 3 aliphatic heterocycles. The maximum Gasteiger partial charge on any atom is 0.249 e. The fraction of sp³-hybridized carbons (Fsp3) is 0.433. The molecule has 3 aliphatic rings. The molecular weight excluding hydrogens is 528 g/mol. The zero-order valence-electron chi connectivity index (χ0n) is 22.3. The highest BCUT2D eigenvalue weighted by Crippen LogP contribution is 2.51. The topological polar surface area (TPSA) is 80.8 Å². The van der Waals surface area contributed by atoms with Crippen LogP contribution >= 0.6 is 23.5 Å². The predicted octanol–water partition coefficient (Wildman–Crippen LogP) is 5.22. The summed E-state index contributed by atoms with van der Waals surface area (Å²) in [5.74, 6) is 0. The van der Waals surface area contributed by atoms with Crippen molar-refractivity contribution in [3.05, 3.63) is 70.6 Å². The van der Waals surface area contributed by atoms with Crippen LogP contribution in [0.4, 0.5) is 11.4 Å². The number of ether oxygens (including phenoxy) is 1. The van der Waals surface area contributed by atoms with Crippen LogP contribution in [0.15, 0.2) is 79.1 Å². The van der Waals surface area contributed by atoms with E-state index in [0.29, 0.717) is 19.2 Å². The van der Waals surface area contributed by atoms with Crippen molar-refractivity contribution in [3.63, 3.8) is 0 Å². The van der Waals surface area contributed by atoms with Gasteiger partial charge in [-0.05, 0) is 62.2 Å². The van der Waals surface area contributed by atoms with Gasteiger partial charge in [0.25, 0.3) is 0 Å². The monoisotopic (exact) mass is 564 g/mol. The molecule has 0 spiro atoms. The number of hydrogen-bond acceptors (Lipinski definition) is 8. The van der Waals surface area contributed by atoms with Crippen molar-refractivity contribution >= 4 is 34.9 Å². The Hall–Kier alpha value is -2.43. The van der Waals surface area contributed by atoms with Crippen molar-refractivity contribution in [1.82, 2.24) is 9.88 Å². The van der Waals surface area contributed by atoms with E-state index in [9.17, 15) is 9.90 Å². The number of likely N-dealkylation sites (tertiary alicyclic amines) is 1. The smallest absolute Gasteiger partial charge is 0.249 e. The molecular formula is C30H36N4O3S2. The van der Waals surface area contributed by atoms with Gasteiger partial charge in [-0.1, -0.05) is 42.1 Å². The predicted molar refractivity (Wildman–Crippen MR) is 158 cm³/mol. The molecule has 7 nitrogen and oxygen atoms in total. The standard InChI is InChI=1S/C30H36N4O3S2/c1-20-5-2-3-12-33(20)17-22(19-35)32-21-8-9-26-28(15-21)38-27-7-4-6-24(30(27)39-26)25-18-34(13-14-37-25)23-10-11-31-29(36)16-23/h4,6-11,15-16,20,22,25,32,35H,2-3,5,12-14,17-19H2,1H3,(H,31,36). The molecule has 206 valence electrons. The van der Waals surface area contributed by atoms with Gasteiger partial charge in [0.05, 0.1) is 19.3 Å². The summed E-state index contributed by atoms with van der Waals surface area (Å²) >= 11 is 3.60. The minimum Gasteiger partial charge on any atom is -0.394 e. The second-order valence-electron chi connectivity index (χ2n) is 10.6. The summed E-state index contributed by atoms with van der Waals surface area (Å²) in [6.07, 6.45) is 5.42. The first kappa shape index (κ1) is 26.8. The third kappa shape index (κ3) is 6.02. The van der Waals surface area contributed by atoms with E-state index in [2.05, 4.69) is 63.4 Å². The van der Waals surface area contributed by atoms with Gasteiger partial charge in [0, 0.05) is 68.9 Å². The maximum atomic E-state index is 11.9. The van der Waals surface area contributed by atoms with Crippen LogP contribution in [0.2, 0.25) is 0 Å². The Morgan fingerprint density at radius 1 is 1.10 bits per heavy atom. The van der Waals surface area contributed by atoms with E-state index >= 15 is 0 Å². The van der Waals surface area contributed by atoms with Crippen LogP contribution in [-0.2, 0) is 4.74 Å². The molecule has 6 rings (SSSR count). The van der Waals surface area contributed by atoms with Gasteiger partial charge in [-0.25, -0.2) is 0 Å². The Morgan fingerprint density at radius 2 is 2.03 bits per heavy atom. The maximum absolute atomic E-state index is 11.9. The average Bonchev–Trinajstić information content (AvgIpc) is 2.96. The van der Waals surface area contributed by atoms with E-state index in [4.69, 9.17) is 4.74 Å². The molecule has 1 aromatic heterocycles. The second-order valence-corrected chi connectivity index (χ2v) is 12.8. The lowest BCUT2D eigenvalue weighted by molar-refractivity contribution is 0.0379. The normalized spacial score (nSPS) is 22.2. The van der Waals surface area contributed by atoms with Crippen LogP contribution in [0.1, 0.15) is 37.9 Å². The highest BCUT2D eigenvalue weighted by atomic mass is 32.2. The summed E-state index contributed by atoms with van der Waals surface area (Å²) in [4.78, 5) is 24.2. The number of nitrogens with zero attached hydrogens (tertiary/aromatic N) is 2. The minimum atomic E-state index is -0.0867. The molecule has 3 atom stereocenters. The number of piperidine rings is 1. The van der Waals surface area contributed by atoms with E-state index in [1.807, 2.05) is 6.07 Å². The second kappa shape index (κ2) is 12.0. The number of benzene rings is 2. The van der Waals surface area contributed by atoms with Crippen molar-refractivity contribution < 1.29 is 9.84 Å². The van der Waals surface area contributed by atoms with Crippen LogP contribution in [-0.4, -0.2) is 66.5 Å². The zero-order chi connectivity index (χ0) is 26.8. The van der Waals surface area contributed by atoms with Gasteiger partial charge in [-0.2, -0.15) is 0 Å². The molecule has 0 bridgehead atoms. The summed E-state index contributed by atoms with van der Waals surface area (Å²) in [5, 5.41) is 13.7. The van der Waals surface area contributed by atoms with E-state index in [0.717, 1.165) is 31.0 Å². The number of fused-ring (bicyclic) bond motifs is 2. The first-order chi connectivity index (χ1) is 19.1. The van der Waals surface area contributed by atoms with Gasteiger partial charge in [0.15, 0.2) is 0 Å². The lowest BCUT2D eigenvalue weighted by Gasteiger charge is -2.36. The Bertz CT molecular complexity index is 1370. The first-order valence-corrected chi connectivity index (χ1v) is 15.5. The summed E-state index contributed by atoms with van der Waals surface area (Å²) in [6.45, 7) is 6.47. The molecule has 39 heavy (non-hydrogen) atoms. The van der Waals surface area contributed by atoms with Crippen LogP contribution in [0.25, 0.3) is 0 Å². The average molecular weight is 565 g/mol. The van der Waals surface area contributed by atoms with E-state index in [-0.39, 0.29) is 24.3 Å². The number of rotatable bonds is 7. The molecule has 0 radical (unpaired) electrons. The lowest BCUT2D eigenvalue weighted by Crippen LogP contribution is -2.45. The van der Waals surface area contributed by atoms with E-state index in [1.54, 1.807) is 35.8 Å². The first-order valence-electron chi connectivity index (χ1n) is 13.9. The number of pyridine rings is 1. The number of morpholine rings is 1. The third-order valence-electron chi connectivity index (χ3n) is 7.91. The van der Waals surface area contributed by atoms with Crippen LogP contribution < -0.4 is 15.8 Å². The largest absolute Gasteiger partial charge is 0.394 e. The van der Waals surface area contributed by atoms with Crippen LogP contribution in [0.5, 0.6) is 0 Å². The van der Waals surface area contributed by atoms with Crippen molar-refractivity contribution in [1.29, 1.82) is 0 Å². The number of aliphatic hydroxyl groups excluding tert-OH is 1. The number of hydrogen-bond donors (Lipinski definition) is 3. The minimum absolute atomic E-state index is 0.00956. The molecule has 3 unspecified atom stereocenters. The van der Waals surface area contributed by atoms with Crippen molar-refractivity contribution in [2.24, 2.45) is 0 Å². The number of aromatic nitrogens is 1. The number of aliphatic hydroxyl groups is 1. The lowest BCUT2D eigenvalue weighted by atomic mass is 10.0. The number of anilines is 2. The van der Waals surface area contributed by atoms with Crippen molar-refractivity contribution in [3.8, 4) is 0 Å². The fourth-order valence-electron chi connectivity index (χ4n) is 5.76. The number of aromatic amines is 1. The molecule has 2 fully saturated rings. The molecule has 0 saturated carbocycles. The third-order valence-corrected chi connectivity index (χ3v) is 10.5. The Morgan fingerprint density at radius 3 is 2.87 bits per heavy atom. The molecule has 0 amide bonds. The Labute approximate surface area is 238 Å². The Kier molecular flexibility index (Phi) is 8.22. The zero-order valence-corrected chi connectivity index (χ0v) is 23.9.